The molecule has 0 N–H and O–H groups in total. The van der Waals surface area contributed by atoms with Crippen molar-refractivity contribution in [3.05, 3.63) is 11.6 Å². The van der Waals surface area contributed by atoms with Crippen molar-refractivity contribution in [2.75, 3.05) is 14.1 Å². The van der Waals surface area contributed by atoms with Gasteiger partial charge in [0.25, 0.3) is 0 Å². The van der Waals surface area contributed by atoms with Crippen molar-refractivity contribution in [1.82, 2.24) is 4.90 Å². The van der Waals surface area contributed by atoms with E-state index in [1.54, 1.807) is 0 Å². The SMILES string of the molecule is C#CC1C[C@H]2[C@@H]3CCC4=CC(=O)CC[C@]4(C)[C@H]3CC[C@]2(C)C1N(C)C. The molecule has 0 radical (unpaired) electrons. The van der Waals surface area contributed by atoms with Gasteiger partial charge in [0.1, 0.15) is 0 Å². The summed E-state index contributed by atoms with van der Waals surface area (Å²) in [4.78, 5) is 14.4. The number of nitrogens with zero attached hydrogens (tertiary/aromatic N) is 1. The summed E-state index contributed by atoms with van der Waals surface area (Å²) in [6, 6.07) is 0.515. The van der Waals surface area contributed by atoms with E-state index in [1.807, 2.05) is 6.08 Å². The summed E-state index contributed by atoms with van der Waals surface area (Å²) >= 11 is 0. The largest absolute Gasteiger partial charge is 0.305 e. The van der Waals surface area contributed by atoms with E-state index in [2.05, 4.69) is 38.8 Å². The molecule has 2 unspecified atom stereocenters. The van der Waals surface area contributed by atoms with Crippen LogP contribution in [0.3, 0.4) is 0 Å². The van der Waals surface area contributed by atoms with Crippen LogP contribution in [0.2, 0.25) is 0 Å². The molecule has 3 fully saturated rings. The molecule has 0 saturated heterocycles. The van der Waals surface area contributed by atoms with E-state index in [9.17, 15) is 4.79 Å². The Kier molecular flexibility index (Phi) is 3.97. The van der Waals surface area contributed by atoms with Crippen molar-refractivity contribution in [2.24, 2.45) is 34.5 Å². The topological polar surface area (TPSA) is 20.3 Å². The summed E-state index contributed by atoms with van der Waals surface area (Å²) in [5, 5.41) is 0. The fourth-order valence-corrected chi connectivity index (χ4v) is 7.69. The minimum absolute atomic E-state index is 0.264. The first-order chi connectivity index (χ1) is 11.8. The number of fused-ring (bicyclic) bond motifs is 5. The van der Waals surface area contributed by atoms with Gasteiger partial charge in [0.15, 0.2) is 5.78 Å². The zero-order valence-electron chi connectivity index (χ0n) is 16.3. The van der Waals surface area contributed by atoms with E-state index in [0.717, 1.165) is 37.0 Å². The average Bonchev–Trinajstić information content (AvgIpc) is 2.88. The van der Waals surface area contributed by atoms with Gasteiger partial charge in [-0.15, -0.1) is 12.3 Å². The Balaban J connectivity index is 1.69. The fraction of sp³-hybridized carbons (Fsp3) is 0.783. The maximum Gasteiger partial charge on any atom is 0.155 e. The Morgan fingerprint density at radius 1 is 1.16 bits per heavy atom. The number of carbonyl (C=O) groups is 1. The van der Waals surface area contributed by atoms with E-state index in [-0.39, 0.29) is 5.41 Å². The average molecular weight is 340 g/mol. The molecule has 0 aromatic carbocycles. The van der Waals surface area contributed by atoms with Gasteiger partial charge in [-0.05, 0) is 87.3 Å². The third kappa shape index (κ3) is 2.31. The molecule has 7 atom stereocenters. The molecule has 25 heavy (non-hydrogen) atoms. The van der Waals surface area contributed by atoms with Crippen molar-refractivity contribution in [3.63, 3.8) is 0 Å². The minimum Gasteiger partial charge on any atom is -0.305 e. The number of allylic oxidation sites excluding steroid dienone is 1. The lowest BCUT2D eigenvalue weighted by molar-refractivity contribution is -0.117. The third-order valence-electron chi connectivity index (χ3n) is 8.73. The Morgan fingerprint density at radius 3 is 2.60 bits per heavy atom. The van der Waals surface area contributed by atoms with Crippen molar-refractivity contribution in [3.8, 4) is 12.3 Å². The highest BCUT2D eigenvalue weighted by atomic mass is 16.1. The van der Waals surface area contributed by atoms with Gasteiger partial charge >= 0.3 is 0 Å². The molecule has 4 aliphatic rings. The maximum atomic E-state index is 11.9. The van der Waals surface area contributed by atoms with Gasteiger partial charge in [0.2, 0.25) is 0 Å². The summed E-state index contributed by atoms with van der Waals surface area (Å²) in [5.74, 6) is 6.17. The fourth-order valence-electron chi connectivity index (χ4n) is 7.69. The summed E-state index contributed by atoms with van der Waals surface area (Å²) < 4.78 is 0. The zero-order chi connectivity index (χ0) is 18.0. The number of hydrogen-bond donors (Lipinski definition) is 0. The van der Waals surface area contributed by atoms with Crippen LogP contribution in [-0.2, 0) is 4.79 Å². The smallest absolute Gasteiger partial charge is 0.155 e. The van der Waals surface area contributed by atoms with Crippen LogP contribution >= 0.6 is 0 Å². The molecule has 0 bridgehead atoms. The van der Waals surface area contributed by atoms with Gasteiger partial charge in [0.05, 0.1) is 0 Å². The second kappa shape index (κ2) is 5.71. The first kappa shape index (κ1) is 17.3. The van der Waals surface area contributed by atoms with Crippen LogP contribution in [0.1, 0.15) is 58.8 Å². The van der Waals surface area contributed by atoms with Gasteiger partial charge in [0, 0.05) is 18.4 Å². The zero-order valence-corrected chi connectivity index (χ0v) is 16.3. The van der Waals surface area contributed by atoms with Gasteiger partial charge in [-0.25, -0.2) is 0 Å². The summed E-state index contributed by atoms with van der Waals surface area (Å²) in [6.07, 6.45) is 16.0. The van der Waals surface area contributed by atoms with Crippen LogP contribution in [0, 0.1) is 46.8 Å². The van der Waals surface area contributed by atoms with Crippen LogP contribution in [0.25, 0.3) is 0 Å². The van der Waals surface area contributed by atoms with E-state index >= 15 is 0 Å². The highest BCUT2D eigenvalue weighted by molar-refractivity contribution is 5.91. The molecular formula is C23H33NO. The van der Waals surface area contributed by atoms with Crippen molar-refractivity contribution < 1.29 is 4.79 Å². The van der Waals surface area contributed by atoms with Crippen LogP contribution in [0.4, 0.5) is 0 Å². The van der Waals surface area contributed by atoms with Crippen LogP contribution < -0.4 is 0 Å². The lowest BCUT2D eigenvalue weighted by Gasteiger charge is -2.58. The molecule has 0 heterocycles. The Morgan fingerprint density at radius 2 is 1.92 bits per heavy atom. The number of ketones is 1. The summed E-state index contributed by atoms with van der Waals surface area (Å²) in [7, 11) is 4.43. The maximum absolute atomic E-state index is 11.9. The van der Waals surface area contributed by atoms with Crippen LogP contribution in [0.5, 0.6) is 0 Å². The van der Waals surface area contributed by atoms with E-state index in [0.29, 0.717) is 23.2 Å². The monoisotopic (exact) mass is 339 g/mol. The van der Waals surface area contributed by atoms with Gasteiger partial charge < -0.3 is 4.90 Å². The molecule has 4 rings (SSSR count). The summed E-state index contributed by atoms with van der Waals surface area (Å²) in [6.45, 7) is 4.98. The predicted octanol–water partition coefficient (Wildman–Crippen LogP) is 4.31. The summed E-state index contributed by atoms with van der Waals surface area (Å²) in [5.41, 5.74) is 2.08. The van der Waals surface area contributed by atoms with Crippen molar-refractivity contribution in [1.29, 1.82) is 0 Å². The minimum atomic E-state index is 0.264. The Hall–Kier alpha value is -1.07. The van der Waals surface area contributed by atoms with E-state index < -0.39 is 0 Å². The molecule has 136 valence electrons. The third-order valence-corrected chi connectivity index (χ3v) is 8.73. The number of hydrogen-bond acceptors (Lipinski definition) is 2. The second-order valence-electron chi connectivity index (χ2n) is 9.93. The molecule has 0 aliphatic heterocycles. The lowest BCUT2D eigenvalue weighted by atomic mass is 9.47. The molecule has 0 aromatic rings. The van der Waals surface area contributed by atoms with Crippen LogP contribution in [-0.4, -0.2) is 30.8 Å². The molecule has 0 aromatic heterocycles. The quantitative estimate of drug-likeness (QED) is 0.664. The molecule has 4 aliphatic carbocycles. The molecule has 2 heteroatoms. The van der Waals surface area contributed by atoms with Crippen molar-refractivity contribution >= 4 is 5.78 Å². The lowest BCUT2D eigenvalue weighted by Crippen LogP contribution is -2.53. The molecular weight excluding hydrogens is 306 g/mol. The molecule has 0 amide bonds. The van der Waals surface area contributed by atoms with Gasteiger partial charge in [-0.3, -0.25) is 4.79 Å². The first-order valence-electron chi connectivity index (χ1n) is 10.2. The van der Waals surface area contributed by atoms with E-state index in [4.69, 9.17) is 6.42 Å². The predicted molar refractivity (Wildman–Crippen MR) is 102 cm³/mol. The second-order valence-corrected chi connectivity index (χ2v) is 9.93. The van der Waals surface area contributed by atoms with Gasteiger partial charge in [-0.2, -0.15) is 0 Å². The van der Waals surface area contributed by atoms with E-state index in [1.165, 1.54) is 31.3 Å². The van der Waals surface area contributed by atoms with Crippen LogP contribution in [0.15, 0.2) is 11.6 Å². The Bertz CT molecular complexity index is 655. The Labute approximate surface area is 153 Å². The number of rotatable bonds is 1. The standard InChI is InChI=1S/C23H33NO/c1-6-15-13-20-18-8-7-16-14-17(25)9-11-22(16,2)19(18)10-12-23(20,3)21(15)24(4)5/h1,14-15,18-21H,7-13H2,2-5H3/t15?,18-,19+,20+,21?,22+,23+/m1/s1. The normalized spacial score (nSPS) is 49.0. The molecule has 0 spiro atoms. The molecule has 2 nitrogen and oxygen atoms in total. The number of terminal acetylenes is 1. The highest BCUT2D eigenvalue weighted by Crippen LogP contribution is 2.66. The van der Waals surface area contributed by atoms with Gasteiger partial charge in [-0.1, -0.05) is 19.4 Å². The highest BCUT2D eigenvalue weighted by Gasteiger charge is 2.61. The first-order valence-corrected chi connectivity index (χ1v) is 10.2. The molecule has 3 saturated carbocycles. The number of carbonyl (C=O) groups excluding carboxylic acids is 1. The van der Waals surface area contributed by atoms with Crippen molar-refractivity contribution in [2.45, 2.75) is 64.8 Å².